The Balaban J connectivity index is 2.19. The second-order valence-corrected chi connectivity index (χ2v) is 3.58. The van der Waals surface area contributed by atoms with Crippen LogP contribution in [0.3, 0.4) is 0 Å². The fraction of sp³-hybridized carbons (Fsp3) is 0.154. The van der Waals surface area contributed by atoms with Crippen LogP contribution in [0.25, 0.3) is 0 Å². The Kier molecular flexibility index (Phi) is 3.88. The first-order valence-electron chi connectivity index (χ1n) is 5.65. The SMILES string of the molecule is CCOc1ccc(Nc2nccc(C#N)n2)cc1F. The summed E-state index contributed by atoms with van der Waals surface area (Å²) in [5, 5.41) is 11.5. The number of anilines is 2. The van der Waals surface area contributed by atoms with E-state index in [0.717, 1.165) is 0 Å². The molecule has 2 rings (SSSR count). The summed E-state index contributed by atoms with van der Waals surface area (Å²) in [7, 11) is 0. The van der Waals surface area contributed by atoms with Gasteiger partial charge in [0.15, 0.2) is 11.6 Å². The zero-order valence-electron chi connectivity index (χ0n) is 10.2. The number of halogens is 1. The van der Waals surface area contributed by atoms with Crippen molar-refractivity contribution in [1.29, 1.82) is 5.26 Å². The van der Waals surface area contributed by atoms with E-state index in [-0.39, 0.29) is 17.4 Å². The highest BCUT2D eigenvalue weighted by Crippen LogP contribution is 2.22. The lowest BCUT2D eigenvalue weighted by atomic mass is 10.3. The minimum atomic E-state index is -0.469. The van der Waals surface area contributed by atoms with Crippen LogP contribution in [0, 0.1) is 17.1 Å². The first-order valence-corrected chi connectivity index (χ1v) is 5.65. The minimum Gasteiger partial charge on any atom is -0.491 e. The van der Waals surface area contributed by atoms with Crippen LogP contribution in [0.15, 0.2) is 30.5 Å². The highest BCUT2D eigenvalue weighted by Gasteiger charge is 2.05. The van der Waals surface area contributed by atoms with Crippen molar-refractivity contribution in [3.63, 3.8) is 0 Å². The average Bonchev–Trinajstić information content (AvgIpc) is 2.42. The minimum absolute atomic E-state index is 0.194. The first-order chi connectivity index (χ1) is 9.22. The van der Waals surface area contributed by atoms with Gasteiger partial charge >= 0.3 is 0 Å². The van der Waals surface area contributed by atoms with E-state index in [1.54, 1.807) is 13.0 Å². The lowest BCUT2D eigenvalue weighted by Crippen LogP contribution is -2.00. The number of nitriles is 1. The highest BCUT2D eigenvalue weighted by atomic mass is 19.1. The molecule has 19 heavy (non-hydrogen) atoms. The predicted octanol–water partition coefficient (Wildman–Crippen LogP) is 2.63. The molecule has 0 spiro atoms. The summed E-state index contributed by atoms with van der Waals surface area (Å²) < 4.78 is 18.7. The zero-order chi connectivity index (χ0) is 13.7. The second kappa shape index (κ2) is 5.78. The monoisotopic (exact) mass is 258 g/mol. The molecule has 6 heteroatoms. The third-order valence-electron chi connectivity index (χ3n) is 2.26. The quantitative estimate of drug-likeness (QED) is 0.912. The van der Waals surface area contributed by atoms with E-state index in [9.17, 15) is 4.39 Å². The van der Waals surface area contributed by atoms with Crippen molar-refractivity contribution in [3.05, 3.63) is 42.0 Å². The first kappa shape index (κ1) is 12.8. The fourth-order valence-corrected chi connectivity index (χ4v) is 1.46. The second-order valence-electron chi connectivity index (χ2n) is 3.58. The fourth-order valence-electron chi connectivity index (χ4n) is 1.46. The summed E-state index contributed by atoms with van der Waals surface area (Å²) in [6.07, 6.45) is 1.46. The molecule has 0 aliphatic heterocycles. The topological polar surface area (TPSA) is 70.8 Å². The van der Waals surface area contributed by atoms with Crippen LogP contribution >= 0.6 is 0 Å². The van der Waals surface area contributed by atoms with E-state index >= 15 is 0 Å². The van der Waals surface area contributed by atoms with Gasteiger partial charge in [-0.25, -0.2) is 14.4 Å². The molecule has 2 aromatic rings. The molecule has 0 bridgehead atoms. The molecule has 1 aromatic heterocycles. The molecule has 0 amide bonds. The van der Waals surface area contributed by atoms with Gasteiger partial charge < -0.3 is 10.1 Å². The van der Waals surface area contributed by atoms with Crippen LogP contribution in [0.1, 0.15) is 12.6 Å². The lowest BCUT2D eigenvalue weighted by Gasteiger charge is -2.08. The van der Waals surface area contributed by atoms with Crippen molar-refractivity contribution in [2.45, 2.75) is 6.92 Å². The third-order valence-corrected chi connectivity index (χ3v) is 2.26. The van der Waals surface area contributed by atoms with Crippen LogP contribution < -0.4 is 10.1 Å². The molecular weight excluding hydrogens is 247 g/mol. The van der Waals surface area contributed by atoms with Crippen LogP contribution in [-0.2, 0) is 0 Å². The van der Waals surface area contributed by atoms with Gasteiger partial charge in [-0.3, -0.25) is 0 Å². The van der Waals surface area contributed by atoms with E-state index in [1.165, 1.54) is 24.4 Å². The van der Waals surface area contributed by atoms with Crippen molar-refractivity contribution in [3.8, 4) is 11.8 Å². The van der Waals surface area contributed by atoms with E-state index < -0.39 is 5.82 Å². The van der Waals surface area contributed by atoms with Gasteiger partial charge in [-0.1, -0.05) is 0 Å². The molecule has 0 radical (unpaired) electrons. The Bertz CT molecular complexity index is 624. The summed E-state index contributed by atoms with van der Waals surface area (Å²) in [6, 6.07) is 7.85. The predicted molar refractivity (Wildman–Crippen MR) is 67.6 cm³/mol. The summed E-state index contributed by atoms with van der Waals surface area (Å²) in [6.45, 7) is 2.18. The van der Waals surface area contributed by atoms with Gasteiger partial charge in [0.1, 0.15) is 11.8 Å². The molecule has 1 N–H and O–H groups in total. The molecule has 1 aromatic carbocycles. The molecule has 0 atom stereocenters. The van der Waals surface area contributed by atoms with Crippen LogP contribution in [-0.4, -0.2) is 16.6 Å². The number of benzene rings is 1. The van der Waals surface area contributed by atoms with Gasteiger partial charge in [-0.2, -0.15) is 5.26 Å². The van der Waals surface area contributed by atoms with E-state index in [1.807, 2.05) is 6.07 Å². The summed E-state index contributed by atoms with van der Waals surface area (Å²) >= 11 is 0. The number of hydrogen-bond donors (Lipinski definition) is 1. The van der Waals surface area contributed by atoms with E-state index in [4.69, 9.17) is 10.00 Å². The third kappa shape index (κ3) is 3.16. The largest absolute Gasteiger partial charge is 0.491 e. The molecule has 0 fully saturated rings. The number of nitrogens with zero attached hydrogens (tertiary/aromatic N) is 3. The Morgan fingerprint density at radius 3 is 2.95 bits per heavy atom. The standard InChI is InChI=1S/C13H11FN4O/c1-2-19-12-4-3-9(7-11(12)14)17-13-16-6-5-10(8-15)18-13/h3-7H,2H2,1H3,(H,16,17,18). The van der Waals surface area contributed by atoms with Crippen molar-refractivity contribution in [2.24, 2.45) is 0 Å². The molecule has 96 valence electrons. The van der Waals surface area contributed by atoms with Crippen molar-refractivity contribution in [2.75, 3.05) is 11.9 Å². The molecule has 1 heterocycles. The van der Waals surface area contributed by atoms with Gasteiger partial charge in [-0.05, 0) is 25.1 Å². The lowest BCUT2D eigenvalue weighted by molar-refractivity contribution is 0.321. The van der Waals surface area contributed by atoms with Crippen molar-refractivity contribution < 1.29 is 9.13 Å². The summed E-state index contributed by atoms with van der Waals surface area (Å²) in [5.41, 5.74) is 0.722. The molecule has 0 unspecified atom stereocenters. The zero-order valence-corrected chi connectivity index (χ0v) is 10.2. The smallest absolute Gasteiger partial charge is 0.228 e. The van der Waals surface area contributed by atoms with Crippen LogP contribution in [0.4, 0.5) is 16.0 Å². The normalized spacial score (nSPS) is 9.74. The molecule has 0 saturated carbocycles. The number of rotatable bonds is 4. The molecule has 0 aliphatic rings. The van der Waals surface area contributed by atoms with Gasteiger partial charge in [0.05, 0.1) is 6.61 Å². The molecule has 5 nitrogen and oxygen atoms in total. The maximum atomic E-state index is 13.6. The Labute approximate surface area is 109 Å². The van der Waals surface area contributed by atoms with Gasteiger partial charge in [0.2, 0.25) is 5.95 Å². The Morgan fingerprint density at radius 1 is 1.42 bits per heavy atom. The van der Waals surface area contributed by atoms with Gasteiger partial charge in [0.25, 0.3) is 0 Å². The summed E-state index contributed by atoms with van der Waals surface area (Å²) in [4.78, 5) is 7.88. The average molecular weight is 258 g/mol. The molecular formula is C13H11FN4O. The Hall–Kier alpha value is -2.68. The van der Waals surface area contributed by atoms with Crippen molar-refractivity contribution in [1.82, 2.24) is 9.97 Å². The van der Waals surface area contributed by atoms with E-state index in [0.29, 0.717) is 12.3 Å². The van der Waals surface area contributed by atoms with Crippen molar-refractivity contribution >= 4 is 11.6 Å². The summed E-state index contributed by atoms with van der Waals surface area (Å²) in [5.74, 6) is -0.0364. The maximum Gasteiger partial charge on any atom is 0.228 e. The molecule has 0 aliphatic carbocycles. The number of hydrogen-bond acceptors (Lipinski definition) is 5. The molecule has 0 saturated heterocycles. The number of nitrogens with one attached hydrogen (secondary N) is 1. The van der Waals surface area contributed by atoms with Gasteiger partial charge in [0, 0.05) is 18.0 Å². The number of aromatic nitrogens is 2. The van der Waals surface area contributed by atoms with Crippen LogP contribution in [0.2, 0.25) is 0 Å². The van der Waals surface area contributed by atoms with Crippen LogP contribution in [0.5, 0.6) is 5.75 Å². The number of ether oxygens (including phenoxy) is 1. The van der Waals surface area contributed by atoms with E-state index in [2.05, 4.69) is 15.3 Å². The van der Waals surface area contributed by atoms with Gasteiger partial charge in [-0.15, -0.1) is 0 Å². The maximum absolute atomic E-state index is 13.6. The highest BCUT2D eigenvalue weighted by molar-refractivity contribution is 5.55. The Morgan fingerprint density at radius 2 is 2.26 bits per heavy atom.